The third kappa shape index (κ3) is 24.8. The highest BCUT2D eigenvalue weighted by molar-refractivity contribution is 8.76. The summed E-state index contributed by atoms with van der Waals surface area (Å²) in [5, 5.41) is 45.7. The molecule has 0 radical (unpaired) electrons. The van der Waals surface area contributed by atoms with E-state index in [2.05, 4.69) is 57.8 Å². The summed E-state index contributed by atoms with van der Waals surface area (Å²) in [4.78, 5) is 178. The quantitative estimate of drug-likeness (QED) is 0.0229. The van der Waals surface area contributed by atoms with Crippen molar-refractivity contribution in [1.29, 1.82) is 0 Å². The lowest BCUT2D eigenvalue weighted by Gasteiger charge is -2.30. The first kappa shape index (κ1) is 77.9. The number of nitrogens with zero attached hydrogens (tertiary/aromatic N) is 2. The molecule has 0 unspecified atom stereocenters. The molecule has 3 fully saturated rings. The molecule has 10 atom stereocenters. The highest BCUT2D eigenvalue weighted by atomic mass is 33.1. The van der Waals surface area contributed by atoms with Gasteiger partial charge in [-0.15, -0.1) is 0 Å². The van der Waals surface area contributed by atoms with Crippen LogP contribution < -0.4 is 70.8 Å². The van der Waals surface area contributed by atoms with Crippen molar-refractivity contribution in [2.24, 2.45) is 33.8 Å². The van der Waals surface area contributed by atoms with Crippen LogP contribution >= 0.6 is 21.6 Å². The number of hydrogen-bond acceptors (Lipinski definition) is 17. The van der Waals surface area contributed by atoms with Crippen LogP contribution in [0.25, 0.3) is 10.9 Å². The van der Waals surface area contributed by atoms with Gasteiger partial charge in [-0.3, -0.25) is 62.5 Å². The topological polar surface area (TPSA) is 489 Å². The molecule has 1 aliphatic carbocycles. The minimum atomic E-state index is -1.59. The van der Waals surface area contributed by atoms with E-state index < -0.39 is 144 Å². The molecular formula is C68H94N16O14S2. The number of aliphatic carboxylic acids is 1. The Bertz CT molecular complexity index is 3520. The van der Waals surface area contributed by atoms with Gasteiger partial charge < -0.3 is 90.9 Å². The number of para-hydroxylation sites is 1. The summed E-state index contributed by atoms with van der Waals surface area (Å²) in [5.74, 6) is -10.9. The number of fused-ring (bicyclic) bond motifs is 1. The first-order valence-corrected chi connectivity index (χ1v) is 36.3. The van der Waals surface area contributed by atoms with E-state index in [9.17, 15) is 53.4 Å². The van der Waals surface area contributed by atoms with Crippen LogP contribution in [0.3, 0.4) is 0 Å². The average molecular weight is 1420 g/mol. The Balaban J connectivity index is 1.23. The lowest BCUT2D eigenvalue weighted by Crippen LogP contribution is -2.61. The monoisotopic (exact) mass is 1420 g/mol. The standard InChI is InChI=1S/C68H94N16O14S2/c1-39(69)32-56(87)84-31-13-21-54(84)66(97)79-49(34-41-23-25-44(85)26-24-41)63(94)82-53-38-100-99-37-52(59(70)90)81-61(92)48(27-28-57(88)89)78-64(95)51(35-43-36-75-46-19-10-9-18-45(43)46)76-55(86)22-6-3-11-29-73-60(91)47(20-12-30-74-68(71)72)77-62(93)50(33-40-14-4-2-5-15-40)80-67(98)58(83-65(53)96)42-16-7-8-17-42/h2,4-5,9-10,14-15,18-19,23-26,36,39,42,47-54,58,75,85H,3,6-8,11-13,16-17,20-22,27-35,37-38,69H2,1H3,(H2,70,90)(H,73,91)(H,76,86)(H,77,93)(H,78,95)(H,79,97)(H,80,98)(H,81,92)(H,82,94)(H,83,96)(H,88,89)(H4,71,72,74)/t39-,47+,48+,49+,50+,51+,52+,53+,54+,58+/m1/s1. The molecule has 11 amide bonds. The summed E-state index contributed by atoms with van der Waals surface area (Å²) < 4.78 is 0. The van der Waals surface area contributed by atoms with E-state index in [1.54, 1.807) is 49.5 Å². The van der Waals surface area contributed by atoms with E-state index in [0.717, 1.165) is 32.5 Å². The summed E-state index contributed by atoms with van der Waals surface area (Å²) in [7, 11) is 1.86. The molecule has 1 aromatic heterocycles. The Labute approximate surface area is 587 Å². The van der Waals surface area contributed by atoms with E-state index in [4.69, 9.17) is 22.9 Å². The molecule has 542 valence electrons. The SMILES string of the molecule is C[C@@H](N)CC(=O)N1CCC[C@H]1C(=O)N[C@@H](Cc1ccc(O)cc1)C(=O)N[C@H]1CSSC[C@@H](C(N)=O)NC(=O)[C@H](CCC(=O)O)NC(=O)[C@H](Cc2c[nH]c3ccccc23)NC(=O)CCCCCNC(=O)[C@H](CCCN=C(N)N)NC(=O)[C@H](Cc2ccccc2)NC(=O)[C@H](C2CCCC2)NC1=O. The zero-order chi connectivity index (χ0) is 72.3. The van der Waals surface area contributed by atoms with Gasteiger partial charge in [0, 0.05) is 92.8 Å². The van der Waals surface area contributed by atoms with Crippen LogP contribution in [0.2, 0.25) is 0 Å². The minimum Gasteiger partial charge on any atom is -0.508 e. The fourth-order valence-corrected chi connectivity index (χ4v) is 14.6. The first-order valence-electron chi connectivity index (χ1n) is 33.8. The number of hydrogen-bond donors (Lipinski definition) is 16. The van der Waals surface area contributed by atoms with Crippen LogP contribution in [-0.4, -0.2) is 189 Å². The minimum absolute atomic E-state index is 0.0372. The number of carbonyl (C=O) groups excluding carboxylic acids is 11. The van der Waals surface area contributed by atoms with Gasteiger partial charge in [-0.25, -0.2) is 0 Å². The first-order chi connectivity index (χ1) is 47.9. The number of primary amides is 1. The fourth-order valence-electron chi connectivity index (χ4n) is 12.3. The van der Waals surface area contributed by atoms with Crippen molar-refractivity contribution in [1.82, 2.24) is 57.7 Å². The number of phenolic OH excluding ortho intramolecular Hbond substituents is 1. The van der Waals surface area contributed by atoms with E-state index >= 15 is 14.4 Å². The lowest BCUT2D eigenvalue weighted by molar-refractivity contribution is -0.140. The molecule has 7 rings (SSSR count). The normalized spacial score (nSPS) is 23.2. The van der Waals surface area contributed by atoms with Gasteiger partial charge in [-0.05, 0) is 106 Å². The van der Waals surface area contributed by atoms with E-state index in [0.29, 0.717) is 68.1 Å². The number of likely N-dealkylation sites (tertiary alicyclic amines) is 1. The average Bonchev–Trinajstić information content (AvgIpc) is 1.67. The maximum atomic E-state index is 15.2. The highest BCUT2D eigenvalue weighted by Gasteiger charge is 2.40. The molecule has 100 heavy (non-hydrogen) atoms. The summed E-state index contributed by atoms with van der Waals surface area (Å²) in [5.41, 5.74) is 25.6. The van der Waals surface area contributed by atoms with E-state index in [1.807, 2.05) is 18.2 Å². The van der Waals surface area contributed by atoms with Crippen LogP contribution in [-0.2, 0) is 76.8 Å². The number of aromatic nitrogens is 1. The van der Waals surface area contributed by atoms with Crippen molar-refractivity contribution in [3.05, 3.63) is 102 Å². The third-order valence-corrected chi connectivity index (χ3v) is 20.0. The van der Waals surface area contributed by atoms with Crippen molar-refractivity contribution in [3.8, 4) is 5.75 Å². The van der Waals surface area contributed by atoms with Crippen LogP contribution in [0.4, 0.5) is 0 Å². The number of benzene rings is 3. The Morgan fingerprint density at radius 1 is 0.680 bits per heavy atom. The molecule has 3 aliphatic rings. The Morgan fingerprint density at radius 2 is 1.34 bits per heavy atom. The summed E-state index contributed by atoms with van der Waals surface area (Å²) in [6, 6.07) is 9.17. The van der Waals surface area contributed by atoms with E-state index in [-0.39, 0.29) is 100 Å². The number of carbonyl (C=O) groups is 12. The molecule has 0 spiro atoms. The van der Waals surface area contributed by atoms with Crippen LogP contribution in [0.15, 0.2) is 90.1 Å². The summed E-state index contributed by atoms with van der Waals surface area (Å²) in [6.45, 7) is 2.14. The second-order valence-electron chi connectivity index (χ2n) is 25.5. The number of aliphatic imine (C=N–C) groups is 1. The second kappa shape index (κ2) is 39.4. The van der Waals surface area contributed by atoms with Gasteiger partial charge >= 0.3 is 5.97 Å². The summed E-state index contributed by atoms with van der Waals surface area (Å²) in [6.07, 6.45) is 4.62. The number of nitrogens with two attached hydrogens (primary N) is 4. The number of H-pyrrole nitrogens is 1. The van der Waals surface area contributed by atoms with Crippen LogP contribution in [0.1, 0.15) is 120 Å². The molecule has 20 N–H and O–H groups in total. The predicted molar refractivity (Wildman–Crippen MR) is 377 cm³/mol. The number of guanidine groups is 1. The number of aromatic amines is 1. The highest BCUT2D eigenvalue weighted by Crippen LogP contribution is 2.30. The van der Waals surface area contributed by atoms with Crippen molar-refractivity contribution in [3.63, 3.8) is 0 Å². The maximum Gasteiger partial charge on any atom is 0.303 e. The van der Waals surface area contributed by atoms with Gasteiger partial charge in [-0.1, -0.05) is 102 Å². The molecule has 3 heterocycles. The number of phenols is 1. The van der Waals surface area contributed by atoms with Crippen molar-refractivity contribution in [2.75, 3.05) is 31.1 Å². The Hall–Kier alpha value is -9.43. The van der Waals surface area contributed by atoms with Gasteiger partial charge in [0.1, 0.15) is 60.1 Å². The number of rotatable bonds is 21. The van der Waals surface area contributed by atoms with Crippen molar-refractivity contribution in [2.45, 2.75) is 183 Å². The largest absolute Gasteiger partial charge is 0.508 e. The number of carboxylic acid groups (broad SMARTS) is 1. The zero-order valence-corrected chi connectivity index (χ0v) is 57.6. The van der Waals surface area contributed by atoms with E-state index in [1.165, 1.54) is 29.2 Å². The number of aromatic hydroxyl groups is 1. The molecule has 0 bridgehead atoms. The van der Waals surface area contributed by atoms with Gasteiger partial charge in [0.05, 0.1) is 0 Å². The molecule has 2 saturated heterocycles. The molecule has 32 heteroatoms. The van der Waals surface area contributed by atoms with Gasteiger partial charge in [0.25, 0.3) is 0 Å². The van der Waals surface area contributed by atoms with Crippen molar-refractivity contribution < 1.29 is 67.7 Å². The fraction of sp³-hybridized carbons (Fsp3) is 0.515. The molecule has 30 nitrogen and oxygen atoms in total. The van der Waals surface area contributed by atoms with Gasteiger partial charge in [0.15, 0.2) is 5.96 Å². The van der Waals surface area contributed by atoms with Crippen LogP contribution in [0.5, 0.6) is 5.75 Å². The number of amides is 11. The Morgan fingerprint density at radius 3 is 2.03 bits per heavy atom. The second-order valence-corrected chi connectivity index (χ2v) is 28.1. The molecule has 3 aromatic carbocycles. The zero-order valence-electron chi connectivity index (χ0n) is 56.0. The summed E-state index contributed by atoms with van der Waals surface area (Å²) >= 11 is 0. The third-order valence-electron chi connectivity index (χ3n) is 17.6. The Kier molecular flexibility index (Phi) is 30.7. The maximum absolute atomic E-state index is 15.2. The molecule has 1 saturated carbocycles. The van der Waals surface area contributed by atoms with Gasteiger partial charge in [-0.2, -0.15) is 0 Å². The smallest absolute Gasteiger partial charge is 0.303 e. The number of carboxylic acids is 1. The molecule has 2 aliphatic heterocycles. The predicted octanol–water partition coefficient (Wildman–Crippen LogP) is 0.174. The van der Waals surface area contributed by atoms with Crippen molar-refractivity contribution >= 4 is 109 Å². The lowest BCUT2D eigenvalue weighted by atomic mass is 9.95. The molecule has 4 aromatic rings. The number of nitrogens with one attached hydrogen (secondary N) is 10. The van der Waals surface area contributed by atoms with Gasteiger partial charge in [0.2, 0.25) is 65.0 Å². The molecular weight excluding hydrogens is 1330 g/mol. The van der Waals surface area contributed by atoms with Crippen LogP contribution in [0, 0.1) is 5.92 Å².